The molecule has 0 aliphatic carbocycles. The molecular formula is C9H22N2O2. The smallest absolute Gasteiger partial charge is 0.161 e. The number of ether oxygens (including phenoxy) is 2. The van der Waals surface area contributed by atoms with Gasteiger partial charge in [0.05, 0.1) is 0 Å². The molecule has 0 bridgehead atoms. The van der Waals surface area contributed by atoms with Crippen LogP contribution >= 0.6 is 0 Å². The van der Waals surface area contributed by atoms with Gasteiger partial charge in [-0.2, -0.15) is 0 Å². The molecule has 4 nitrogen and oxygen atoms in total. The van der Waals surface area contributed by atoms with Crippen LogP contribution < -0.4 is 11.5 Å². The third-order valence-corrected chi connectivity index (χ3v) is 1.79. The zero-order chi connectivity index (χ0) is 10.3. The van der Waals surface area contributed by atoms with E-state index in [4.69, 9.17) is 20.9 Å². The van der Waals surface area contributed by atoms with E-state index in [1.54, 1.807) is 0 Å². The zero-order valence-electron chi connectivity index (χ0n) is 8.82. The molecule has 0 aliphatic heterocycles. The first-order chi connectivity index (χ1) is 6.13. The highest BCUT2D eigenvalue weighted by atomic mass is 16.7. The number of rotatable bonds is 7. The minimum absolute atomic E-state index is 0.256. The van der Waals surface area contributed by atoms with Crippen LogP contribution in [0.3, 0.4) is 0 Å². The Morgan fingerprint density at radius 2 is 1.23 bits per heavy atom. The summed E-state index contributed by atoms with van der Waals surface area (Å²) in [5.41, 5.74) is 11.2. The van der Waals surface area contributed by atoms with E-state index in [1.165, 1.54) is 0 Å². The second-order valence-electron chi connectivity index (χ2n) is 3.00. The number of hydrogen-bond acceptors (Lipinski definition) is 4. The lowest BCUT2D eigenvalue weighted by molar-refractivity contribution is -0.194. The molecule has 0 rings (SSSR count). The van der Waals surface area contributed by atoms with E-state index >= 15 is 0 Å². The summed E-state index contributed by atoms with van der Waals surface area (Å²) in [6, 6.07) is 0. The molecule has 0 aromatic carbocycles. The molecule has 0 aromatic rings. The van der Waals surface area contributed by atoms with Crippen molar-refractivity contribution >= 4 is 0 Å². The molecule has 13 heavy (non-hydrogen) atoms. The largest absolute Gasteiger partial charge is 0.335 e. The molecule has 0 aliphatic rings. The van der Waals surface area contributed by atoms with Crippen LogP contribution in [-0.4, -0.2) is 18.7 Å². The van der Waals surface area contributed by atoms with Gasteiger partial charge in [-0.3, -0.25) is 0 Å². The van der Waals surface area contributed by atoms with Crippen molar-refractivity contribution in [2.24, 2.45) is 11.5 Å². The average Bonchev–Trinajstić information content (AvgIpc) is 2.16. The Hall–Kier alpha value is -0.160. The first-order valence-electron chi connectivity index (χ1n) is 4.96. The Morgan fingerprint density at radius 3 is 1.46 bits per heavy atom. The lowest BCUT2D eigenvalue weighted by atomic mass is 10.4. The van der Waals surface area contributed by atoms with Gasteiger partial charge in [0.1, 0.15) is 12.5 Å². The van der Waals surface area contributed by atoms with Crippen LogP contribution in [0.1, 0.15) is 40.0 Å². The topological polar surface area (TPSA) is 70.5 Å². The maximum atomic E-state index is 5.62. The van der Waals surface area contributed by atoms with Crippen molar-refractivity contribution in [1.82, 2.24) is 0 Å². The molecule has 0 aromatic heterocycles. The van der Waals surface area contributed by atoms with Crippen molar-refractivity contribution in [3.05, 3.63) is 0 Å². The van der Waals surface area contributed by atoms with E-state index in [9.17, 15) is 0 Å². The van der Waals surface area contributed by atoms with Crippen LogP contribution in [0.5, 0.6) is 0 Å². The Balaban J connectivity index is 3.74. The zero-order valence-corrected chi connectivity index (χ0v) is 8.82. The van der Waals surface area contributed by atoms with Crippen molar-refractivity contribution in [3.63, 3.8) is 0 Å². The highest BCUT2D eigenvalue weighted by Gasteiger charge is 2.13. The summed E-state index contributed by atoms with van der Waals surface area (Å²) in [4.78, 5) is 0. The molecule has 0 saturated carbocycles. The van der Waals surface area contributed by atoms with Gasteiger partial charge in [0.25, 0.3) is 0 Å². The van der Waals surface area contributed by atoms with Crippen LogP contribution in [0.25, 0.3) is 0 Å². The van der Waals surface area contributed by atoms with E-state index in [-0.39, 0.29) is 18.7 Å². The summed E-state index contributed by atoms with van der Waals surface area (Å²) in [7, 11) is 0. The Morgan fingerprint density at radius 1 is 0.846 bits per heavy atom. The lowest BCUT2D eigenvalue weighted by Gasteiger charge is -2.23. The Kier molecular flexibility index (Phi) is 7.17. The van der Waals surface area contributed by atoms with Gasteiger partial charge in [-0.15, -0.1) is 0 Å². The van der Waals surface area contributed by atoms with Gasteiger partial charge in [-0.05, 0) is 19.3 Å². The summed E-state index contributed by atoms with van der Waals surface area (Å²) in [5.74, 6) is 0. The molecule has 0 amide bonds. The van der Waals surface area contributed by atoms with Gasteiger partial charge in [0.15, 0.2) is 6.29 Å². The molecule has 0 fully saturated rings. The fourth-order valence-electron chi connectivity index (χ4n) is 0.807. The summed E-state index contributed by atoms with van der Waals surface area (Å²) < 4.78 is 10.8. The standard InChI is InChI=1S/C9H22N2O2/c1-4-7(10)12-9(6-3)13-8(11)5-2/h7-9H,4-6,10-11H2,1-3H3. The minimum Gasteiger partial charge on any atom is -0.335 e. The highest BCUT2D eigenvalue weighted by Crippen LogP contribution is 2.06. The van der Waals surface area contributed by atoms with Gasteiger partial charge in [0.2, 0.25) is 0 Å². The quantitative estimate of drug-likeness (QED) is 0.591. The van der Waals surface area contributed by atoms with Crippen molar-refractivity contribution in [3.8, 4) is 0 Å². The summed E-state index contributed by atoms with van der Waals surface area (Å²) in [6.07, 6.45) is 1.54. The van der Waals surface area contributed by atoms with Crippen molar-refractivity contribution in [1.29, 1.82) is 0 Å². The number of hydrogen-bond donors (Lipinski definition) is 2. The van der Waals surface area contributed by atoms with Crippen molar-refractivity contribution in [2.45, 2.75) is 58.8 Å². The minimum atomic E-state index is -0.273. The Bertz CT molecular complexity index is 110. The van der Waals surface area contributed by atoms with E-state index in [0.29, 0.717) is 0 Å². The predicted molar refractivity (Wildman–Crippen MR) is 52.8 cm³/mol. The molecule has 4 N–H and O–H groups in total. The molecule has 0 radical (unpaired) electrons. The lowest BCUT2D eigenvalue weighted by Crippen LogP contribution is -2.35. The highest BCUT2D eigenvalue weighted by molar-refractivity contribution is 4.50. The van der Waals surface area contributed by atoms with Gasteiger partial charge in [-0.25, -0.2) is 0 Å². The van der Waals surface area contributed by atoms with E-state index < -0.39 is 0 Å². The fourth-order valence-corrected chi connectivity index (χ4v) is 0.807. The molecule has 0 spiro atoms. The van der Waals surface area contributed by atoms with Gasteiger partial charge < -0.3 is 20.9 Å². The van der Waals surface area contributed by atoms with Crippen LogP contribution in [0, 0.1) is 0 Å². The second-order valence-corrected chi connectivity index (χ2v) is 3.00. The van der Waals surface area contributed by atoms with Crippen molar-refractivity contribution in [2.75, 3.05) is 0 Å². The van der Waals surface area contributed by atoms with Crippen LogP contribution in [0.4, 0.5) is 0 Å². The maximum Gasteiger partial charge on any atom is 0.161 e. The van der Waals surface area contributed by atoms with Gasteiger partial charge in [0, 0.05) is 0 Å². The van der Waals surface area contributed by atoms with Crippen molar-refractivity contribution < 1.29 is 9.47 Å². The van der Waals surface area contributed by atoms with E-state index in [2.05, 4.69) is 0 Å². The molecule has 2 atom stereocenters. The molecule has 2 unspecified atom stereocenters. The molecule has 4 heteroatoms. The molecule has 0 heterocycles. The summed E-state index contributed by atoms with van der Waals surface area (Å²) in [6.45, 7) is 5.92. The van der Waals surface area contributed by atoms with Gasteiger partial charge >= 0.3 is 0 Å². The SMILES string of the molecule is CCC(N)OC(CC)OC(N)CC. The van der Waals surface area contributed by atoms with E-state index in [0.717, 1.165) is 19.3 Å². The third-order valence-electron chi connectivity index (χ3n) is 1.79. The summed E-state index contributed by atoms with van der Waals surface area (Å²) >= 11 is 0. The average molecular weight is 190 g/mol. The predicted octanol–water partition coefficient (Wildman–Crippen LogP) is 1.15. The normalized spacial score (nSPS) is 18.2. The first kappa shape index (κ1) is 12.8. The third kappa shape index (κ3) is 5.99. The van der Waals surface area contributed by atoms with Crippen LogP contribution in [-0.2, 0) is 9.47 Å². The second kappa shape index (κ2) is 7.26. The van der Waals surface area contributed by atoms with Gasteiger partial charge in [-0.1, -0.05) is 20.8 Å². The number of nitrogens with two attached hydrogens (primary N) is 2. The summed E-state index contributed by atoms with van der Waals surface area (Å²) in [5, 5.41) is 0. The molecule has 80 valence electrons. The molecular weight excluding hydrogens is 168 g/mol. The van der Waals surface area contributed by atoms with E-state index in [1.807, 2.05) is 20.8 Å². The van der Waals surface area contributed by atoms with Crippen LogP contribution in [0.2, 0.25) is 0 Å². The molecule has 0 saturated heterocycles. The monoisotopic (exact) mass is 190 g/mol. The maximum absolute atomic E-state index is 5.62. The van der Waals surface area contributed by atoms with Crippen LogP contribution in [0.15, 0.2) is 0 Å². The Labute approximate surface area is 80.6 Å². The first-order valence-corrected chi connectivity index (χ1v) is 4.96. The fraction of sp³-hybridized carbons (Fsp3) is 1.00.